The minimum Gasteiger partial charge on any atom is -0.497 e. The van der Waals surface area contributed by atoms with Gasteiger partial charge >= 0.3 is 0 Å². The first-order valence-electron chi connectivity index (χ1n) is 13.1. The molecule has 4 aromatic rings. The van der Waals surface area contributed by atoms with E-state index in [2.05, 4.69) is 35.1 Å². The van der Waals surface area contributed by atoms with Gasteiger partial charge in [0.1, 0.15) is 17.3 Å². The highest BCUT2D eigenvalue weighted by molar-refractivity contribution is 5.93. The maximum atomic E-state index is 13.9. The Labute approximate surface area is 223 Å². The highest BCUT2D eigenvalue weighted by atomic mass is 16.5. The van der Waals surface area contributed by atoms with Gasteiger partial charge in [-0.3, -0.25) is 9.48 Å². The van der Waals surface area contributed by atoms with E-state index >= 15 is 0 Å². The number of rotatable bonds is 7. The van der Waals surface area contributed by atoms with E-state index in [0.717, 1.165) is 64.2 Å². The molecule has 5 rings (SSSR count). The molecule has 1 saturated heterocycles. The van der Waals surface area contributed by atoms with Crippen molar-refractivity contribution in [1.82, 2.24) is 19.7 Å². The first kappa shape index (κ1) is 25.7. The lowest BCUT2D eigenvalue weighted by atomic mass is 10.0. The molecule has 1 fully saturated rings. The SMILES string of the molecule is COc1ccc(CN(Cc2cc3cccc(C)c3nc2N2CCCC(O)C2)C(=O)c2cc(C)nn2C)cc1. The first-order chi connectivity index (χ1) is 18.3. The number of fused-ring (bicyclic) bond motifs is 1. The summed E-state index contributed by atoms with van der Waals surface area (Å²) in [6.45, 7) is 6.09. The predicted molar refractivity (Wildman–Crippen MR) is 148 cm³/mol. The van der Waals surface area contributed by atoms with Crippen molar-refractivity contribution < 1.29 is 14.6 Å². The zero-order chi connectivity index (χ0) is 26.8. The van der Waals surface area contributed by atoms with E-state index in [9.17, 15) is 9.90 Å². The molecule has 1 N–H and O–H groups in total. The Morgan fingerprint density at radius 2 is 1.92 bits per heavy atom. The van der Waals surface area contributed by atoms with Crippen molar-refractivity contribution in [2.75, 3.05) is 25.1 Å². The van der Waals surface area contributed by atoms with Crippen LogP contribution in [0.25, 0.3) is 10.9 Å². The summed E-state index contributed by atoms with van der Waals surface area (Å²) in [6.07, 6.45) is 1.30. The molecule has 0 radical (unpaired) electrons. The Morgan fingerprint density at radius 3 is 2.61 bits per heavy atom. The van der Waals surface area contributed by atoms with Crippen molar-refractivity contribution in [3.8, 4) is 5.75 Å². The fourth-order valence-electron chi connectivity index (χ4n) is 5.25. The Hall–Kier alpha value is -3.91. The van der Waals surface area contributed by atoms with Gasteiger partial charge in [0.2, 0.25) is 0 Å². The Balaban J connectivity index is 1.57. The third kappa shape index (κ3) is 5.36. The molecule has 8 nitrogen and oxygen atoms in total. The van der Waals surface area contributed by atoms with E-state index in [1.807, 2.05) is 48.2 Å². The molecule has 0 aliphatic carbocycles. The Bertz CT molecular complexity index is 1450. The number of amides is 1. The van der Waals surface area contributed by atoms with Crippen molar-refractivity contribution in [2.45, 2.75) is 45.9 Å². The van der Waals surface area contributed by atoms with Crippen molar-refractivity contribution in [2.24, 2.45) is 7.05 Å². The number of aromatic nitrogens is 3. The fourth-order valence-corrected chi connectivity index (χ4v) is 5.25. The van der Waals surface area contributed by atoms with Crippen molar-refractivity contribution in [3.05, 3.63) is 82.7 Å². The maximum absolute atomic E-state index is 13.9. The average molecular weight is 514 g/mol. The van der Waals surface area contributed by atoms with Crippen LogP contribution < -0.4 is 9.64 Å². The number of pyridine rings is 1. The van der Waals surface area contributed by atoms with Gasteiger partial charge < -0.3 is 19.6 Å². The van der Waals surface area contributed by atoms with Gasteiger partial charge in [-0.15, -0.1) is 0 Å². The minimum absolute atomic E-state index is 0.0992. The van der Waals surface area contributed by atoms with E-state index < -0.39 is 0 Å². The zero-order valence-corrected chi connectivity index (χ0v) is 22.5. The van der Waals surface area contributed by atoms with Crippen LogP contribution in [0, 0.1) is 13.8 Å². The summed E-state index contributed by atoms with van der Waals surface area (Å²) >= 11 is 0. The number of aryl methyl sites for hydroxylation is 3. The number of piperidine rings is 1. The molecule has 0 saturated carbocycles. The number of carbonyl (C=O) groups excluding carboxylic acids is 1. The van der Waals surface area contributed by atoms with E-state index in [1.165, 1.54) is 0 Å². The van der Waals surface area contributed by atoms with Crippen LogP contribution in [-0.2, 0) is 20.1 Å². The van der Waals surface area contributed by atoms with Crippen LogP contribution in [0.2, 0.25) is 0 Å². The lowest BCUT2D eigenvalue weighted by molar-refractivity contribution is 0.0718. The summed E-state index contributed by atoms with van der Waals surface area (Å²) < 4.78 is 6.96. The molecule has 1 amide bonds. The predicted octanol–water partition coefficient (Wildman–Crippen LogP) is 4.40. The quantitative estimate of drug-likeness (QED) is 0.395. The van der Waals surface area contributed by atoms with Gasteiger partial charge in [0, 0.05) is 37.6 Å². The number of aliphatic hydroxyl groups excluding tert-OH is 1. The van der Waals surface area contributed by atoms with Gasteiger partial charge in [-0.1, -0.05) is 30.3 Å². The van der Waals surface area contributed by atoms with Crippen LogP contribution in [0.15, 0.2) is 54.6 Å². The van der Waals surface area contributed by atoms with Gasteiger partial charge in [-0.2, -0.15) is 5.10 Å². The van der Waals surface area contributed by atoms with Crippen LogP contribution in [0.5, 0.6) is 5.75 Å². The number of ether oxygens (including phenoxy) is 1. The molecule has 1 aliphatic heterocycles. The van der Waals surface area contributed by atoms with E-state index in [0.29, 0.717) is 25.3 Å². The summed E-state index contributed by atoms with van der Waals surface area (Å²) in [6, 6.07) is 17.9. The molecule has 0 bridgehead atoms. The number of aliphatic hydroxyl groups is 1. The second-order valence-corrected chi connectivity index (χ2v) is 10.2. The van der Waals surface area contributed by atoms with Crippen LogP contribution in [0.3, 0.4) is 0 Å². The van der Waals surface area contributed by atoms with Crippen molar-refractivity contribution in [3.63, 3.8) is 0 Å². The molecule has 198 valence electrons. The van der Waals surface area contributed by atoms with Crippen LogP contribution in [-0.4, -0.2) is 57.0 Å². The van der Waals surface area contributed by atoms with E-state index in [4.69, 9.17) is 9.72 Å². The number of hydrogen-bond acceptors (Lipinski definition) is 6. The van der Waals surface area contributed by atoms with Gasteiger partial charge in [-0.05, 0) is 62.1 Å². The van der Waals surface area contributed by atoms with Gasteiger partial charge in [0.25, 0.3) is 5.91 Å². The molecule has 0 spiro atoms. The second-order valence-electron chi connectivity index (χ2n) is 10.2. The summed E-state index contributed by atoms with van der Waals surface area (Å²) in [5.74, 6) is 1.51. The number of hydrogen-bond donors (Lipinski definition) is 1. The molecular formula is C30H35N5O3. The fraction of sp³-hybridized carbons (Fsp3) is 0.367. The minimum atomic E-state index is -0.389. The average Bonchev–Trinajstić information content (AvgIpc) is 3.25. The van der Waals surface area contributed by atoms with Gasteiger partial charge in [-0.25, -0.2) is 4.98 Å². The molecule has 1 aliphatic rings. The van der Waals surface area contributed by atoms with Gasteiger partial charge in [0.15, 0.2) is 0 Å². The molecule has 1 atom stereocenters. The summed E-state index contributed by atoms with van der Waals surface area (Å²) in [7, 11) is 3.44. The van der Waals surface area contributed by atoms with Gasteiger partial charge in [0.05, 0.1) is 31.0 Å². The Kier molecular flexibility index (Phi) is 7.33. The third-order valence-corrected chi connectivity index (χ3v) is 7.20. The van der Waals surface area contributed by atoms with Crippen LogP contribution in [0.4, 0.5) is 5.82 Å². The topological polar surface area (TPSA) is 83.7 Å². The lowest BCUT2D eigenvalue weighted by Gasteiger charge is -2.33. The molecule has 2 aromatic carbocycles. The number of carbonyl (C=O) groups is 1. The monoisotopic (exact) mass is 513 g/mol. The third-order valence-electron chi connectivity index (χ3n) is 7.20. The van der Waals surface area contributed by atoms with Crippen LogP contribution >= 0.6 is 0 Å². The van der Waals surface area contributed by atoms with E-state index in [1.54, 1.807) is 18.8 Å². The number of nitrogens with zero attached hydrogens (tertiary/aromatic N) is 5. The van der Waals surface area contributed by atoms with E-state index in [-0.39, 0.29) is 12.0 Å². The maximum Gasteiger partial charge on any atom is 0.272 e. The standard InChI is InChI=1S/C30H35N5O3/c1-20-7-5-8-23-16-24(29(31-28(20)23)34-14-6-9-25(36)19-34)18-35(17-22-10-12-26(38-4)13-11-22)30(37)27-15-21(2)32-33(27)3/h5,7-8,10-13,15-16,25,36H,6,9,14,17-19H2,1-4H3. The summed E-state index contributed by atoms with van der Waals surface area (Å²) in [4.78, 5) is 23.1. The van der Waals surface area contributed by atoms with Crippen molar-refractivity contribution in [1.29, 1.82) is 0 Å². The molecule has 8 heteroatoms. The normalized spacial score (nSPS) is 15.6. The highest BCUT2D eigenvalue weighted by Gasteiger charge is 2.26. The smallest absolute Gasteiger partial charge is 0.272 e. The molecule has 2 aromatic heterocycles. The van der Waals surface area contributed by atoms with Crippen LogP contribution in [0.1, 0.15) is 45.7 Å². The Morgan fingerprint density at radius 1 is 1.13 bits per heavy atom. The number of methoxy groups -OCH3 is 1. The number of para-hydroxylation sites is 1. The number of β-amino-alcohol motifs (C(OH)–C–C–N with tert-alkyl or cyclic N) is 1. The summed E-state index contributed by atoms with van der Waals surface area (Å²) in [5.41, 5.74) is 5.34. The lowest BCUT2D eigenvalue weighted by Crippen LogP contribution is -2.40. The molecule has 38 heavy (non-hydrogen) atoms. The summed E-state index contributed by atoms with van der Waals surface area (Å²) in [5, 5.41) is 15.9. The number of benzene rings is 2. The van der Waals surface area contributed by atoms with Crippen molar-refractivity contribution >= 4 is 22.6 Å². The largest absolute Gasteiger partial charge is 0.497 e. The number of anilines is 1. The first-order valence-corrected chi connectivity index (χ1v) is 13.1. The molecular weight excluding hydrogens is 478 g/mol. The molecule has 1 unspecified atom stereocenters. The second kappa shape index (κ2) is 10.8. The zero-order valence-electron chi connectivity index (χ0n) is 22.5. The highest BCUT2D eigenvalue weighted by Crippen LogP contribution is 2.30. The molecule has 3 heterocycles.